The Labute approximate surface area is 132 Å². The summed E-state index contributed by atoms with van der Waals surface area (Å²) in [6, 6.07) is 0. The number of ether oxygens (including phenoxy) is 1. The van der Waals surface area contributed by atoms with Crippen LogP contribution in [0.3, 0.4) is 0 Å². The van der Waals surface area contributed by atoms with Gasteiger partial charge in [-0.05, 0) is 32.1 Å². The van der Waals surface area contributed by atoms with Crippen LogP contribution in [0.1, 0.15) is 96.8 Å². The van der Waals surface area contributed by atoms with Gasteiger partial charge in [0.05, 0.1) is 7.11 Å². The standard InChI is InChI=1S/C19H36O2/c1-3-4-5-6-7-8-9-10-11-12-13-14-15-16-17-18-19(20)21-2/h12-13H,3-11,14-18H2,1-2H3. The van der Waals surface area contributed by atoms with Crippen LogP contribution < -0.4 is 0 Å². The molecule has 0 saturated carbocycles. The van der Waals surface area contributed by atoms with E-state index in [0.717, 1.165) is 19.3 Å². The van der Waals surface area contributed by atoms with E-state index < -0.39 is 0 Å². The van der Waals surface area contributed by atoms with Gasteiger partial charge in [0, 0.05) is 6.42 Å². The van der Waals surface area contributed by atoms with Gasteiger partial charge in [-0.3, -0.25) is 4.79 Å². The van der Waals surface area contributed by atoms with Crippen molar-refractivity contribution >= 4 is 5.97 Å². The summed E-state index contributed by atoms with van der Waals surface area (Å²) >= 11 is 0. The van der Waals surface area contributed by atoms with Crippen molar-refractivity contribution in [2.75, 3.05) is 7.11 Å². The Morgan fingerprint density at radius 1 is 0.762 bits per heavy atom. The van der Waals surface area contributed by atoms with Crippen LogP contribution in [0.4, 0.5) is 0 Å². The molecule has 124 valence electrons. The third-order valence-electron chi connectivity index (χ3n) is 3.87. The van der Waals surface area contributed by atoms with Gasteiger partial charge in [-0.2, -0.15) is 0 Å². The molecule has 0 N–H and O–H groups in total. The predicted octanol–water partition coefficient (Wildman–Crippen LogP) is 6.20. The van der Waals surface area contributed by atoms with Crippen LogP contribution in [0.15, 0.2) is 12.2 Å². The SMILES string of the molecule is CCCCCCCCCCC=CCCCCCC(=O)OC. The minimum absolute atomic E-state index is 0.0831. The highest BCUT2D eigenvalue weighted by atomic mass is 16.5. The molecule has 0 heterocycles. The third-order valence-corrected chi connectivity index (χ3v) is 3.87. The van der Waals surface area contributed by atoms with E-state index in [2.05, 4.69) is 23.8 Å². The normalized spacial score (nSPS) is 11.1. The van der Waals surface area contributed by atoms with Crippen LogP contribution in [0, 0.1) is 0 Å². The van der Waals surface area contributed by atoms with Crippen molar-refractivity contribution in [2.45, 2.75) is 96.8 Å². The van der Waals surface area contributed by atoms with Gasteiger partial charge in [-0.25, -0.2) is 0 Å². The van der Waals surface area contributed by atoms with Crippen molar-refractivity contribution < 1.29 is 9.53 Å². The van der Waals surface area contributed by atoms with Crippen molar-refractivity contribution in [3.05, 3.63) is 12.2 Å². The van der Waals surface area contributed by atoms with Crippen molar-refractivity contribution in [1.29, 1.82) is 0 Å². The monoisotopic (exact) mass is 296 g/mol. The van der Waals surface area contributed by atoms with Crippen LogP contribution in [-0.4, -0.2) is 13.1 Å². The maximum absolute atomic E-state index is 10.9. The molecule has 21 heavy (non-hydrogen) atoms. The Bertz CT molecular complexity index is 246. The number of rotatable bonds is 15. The van der Waals surface area contributed by atoms with E-state index in [1.165, 1.54) is 71.3 Å². The lowest BCUT2D eigenvalue weighted by molar-refractivity contribution is -0.140. The van der Waals surface area contributed by atoms with E-state index in [1.54, 1.807) is 0 Å². The highest BCUT2D eigenvalue weighted by Gasteiger charge is 1.98. The summed E-state index contributed by atoms with van der Waals surface area (Å²) < 4.78 is 4.62. The average Bonchev–Trinajstić information content (AvgIpc) is 2.50. The fourth-order valence-electron chi connectivity index (χ4n) is 2.44. The van der Waals surface area contributed by atoms with Gasteiger partial charge < -0.3 is 4.74 Å². The van der Waals surface area contributed by atoms with Gasteiger partial charge in [-0.15, -0.1) is 0 Å². The first kappa shape index (κ1) is 20.2. The topological polar surface area (TPSA) is 26.3 Å². The molecule has 0 aliphatic rings. The zero-order valence-electron chi connectivity index (χ0n) is 14.4. The summed E-state index contributed by atoms with van der Waals surface area (Å²) in [5.41, 5.74) is 0. The van der Waals surface area contributed by atoms with Crippen LogP contribution in [0.5, 0.6) is 0 Å². The lowest BCUT2D eigenvalue weighted by atomic mass is 10.1. The third kappa shape index (κ3) is 17.2. The van der Waals surface area contributed by atoms with Crippen LogP contribution in [0.2, 0.25) is 0 Å². The van der Waals surface area contributed by atoms with Gasteiger partial charge >= 0.3 is 5.97 Å². The molecule has 0 rings (SSSR count). The van der Waals surface area contributed by atoms with Crippen LogP contribution >= 0.6 is 0 Å². The first-order valence-electron chi connectivity index (χ1n) is 9.03. The number of unbranched alkanes of at least 4 members (excludes halogenated alkanes) is 11. The van der Waals surface area contributed by atoms with E-state index in [-0.39, 0.29) is 5.97 Å². The number of allylic oxidation sites excluding steroid dienone is 2. The Hall–Kier alpha value is -0.790. The zero-order chi connectivity index (χ0) is 15.6. The second kappa shape index (κ2) is 17.3. The Kier molecular flexibility index (Phi) is 16.6. The molecule has 0 amide bonds. The molecular weight excluding hydrogens is 260 g/mol. The van der Waals surface area contributed by atoms with E-state index in [0.29, 0.717) is 6.42 Å². The Morgan fingerprint density at radius 3 is 1.76 bits per heavy atom. The molecule has 0 radical (unpaired) electrons. The van der Waals surface area contributed by atoms with Gasteiger partial charge in [0.2, 0.25) is 0 Å². The first-order chi connectivity index (χ1) is 10.3. The number of methoxy groups -OCH3 is 1. The quantitative estimate of drug-likeness (QED) is 0.204. The van der Waals surface area contributed by atoms with E-state index in [1.807, 2.05) is 0 Å². The summed E-state index contributed by atoms with van der Waals surface area (Å²) in [6.07, 6.45) is 22.0. The van der Waals surface area contributed by atoms with Crippen molar-refractivity contribution in [1.82, 2.24) is 0 Å². The largest absolute Gasteiger partial charge is 0.469 e. The summed E-state index contributed by atoms with van der Waals surface area (Å²) in [7, 11) is 1.45. The van der Waals surface area contributed by atoms with Gasteiger partial charge in [0.1, 0.15) is 0 Å². The number of carbonyl (C=O) groups is 1. The maximum Gasteiger partial charge on any atom is 0.305 e. The molecule has 0 aromatic rings. The van der Waals surface area contributed by atoms with Gasteiger partial charge in [0.15, 0.2) is 0 Å². The Morgan fingerprint density at radius 2 is 1.24 bits per heavy atom. The molecule has 0 aromatic carbocycles. The molecule has 0 aliphatic heterocycles. The molecular formula is C19H36O2. The maximum atomic E-state index is 10.9. The van der Waals surface area contributed by atoms with Crippen LogP contribution in [-0.2, 0) is 9.53 Å². The van der Waals surface area contributed by atoms with E-state index >= 15 is 0 Å². The van der Waals surface area contributed by atoms with Gasteiger partial charge in [-0.1, -0.05) is 70.4 Å². The summed E-state index contributed by atoms with van der Waals surface area (Å²) in [5.74, 6) is -0.0831. The van der Waals surface area contributed by atoms with E-state index in [9.17, 15) is 4.79 Å². The summed E-state index contributed by atoms with van der Waals surface area (Å²) in [5, 5.41) is 0. The molecule has 0 bridgehead atoms. The number of hydrogen-bond donors (Lipinski definition) is 0. The molecule has 0 unspecified atom stereocenters. The molecule has 0 fully saturated rings. The molecule has 0 saturated heterocycles. The fraction of sp³-hybridized carbons (Fsp3) is 0.842. The molecule has 0 atom stereocenters. The van der Waals surface area contributed by atoms with Crippen LogP contribution in [0.25, 0.3) is 0 Å². The highest BCUT2D eigenvalue weighted by Crippen LogP contribution is 2.10. The van der Waals surface area contributed by atoms with Gasteiger partial charge in [0.25, 0.3) is 0 Å². The van der Waals surface area contributed by atoms with E-state index in [4.69, 9.17) is 0 Å². The summed E-state index contributed by atoms with van der Waals surface area (Å²) in [4.78, 5) is 10.9. The molecule has 0 spiro atoms. The highest BCUT2D eigenvalue weighted by molar-refractivity contribution is 5.68. The fourth-order valence-corrected chi connectivity index (χ4v) is 2.44. The molecule has 2 heteroatoms. The van der Waals surface area contributed by atoms with Crippen molar-refractivity contribution in [2.24, 2.45) is 0 Å². The molecule has 2 nitrogen and oxygen atoms in total. The number of carbonyl (C=O) groups excluding carboxylic acids is 1. The van der Waals surface area contributed by atoms with Crippen molar-refractivity contribution in [3.8, 4) is 0 Å². The lowest BCUT2D eigenvalue weighted by Crippen LogP contribution is -1.98. The Balaban J connectivity index is 3.10. The van der Waals surface area contributed by atoms with Crippen molar-refractivity contribution in [3.63, 3.8) is 0 Å². The average molecular weight is 296 g/mol. The summed E-state index contributed by atoms with van der Waals surface area (Å²) in [6.45, 7) is 2.27. The molecule has 0 aromatic heterocycles. The lowest BCUT2D eigenvalue weighted by Gasteiger charge is -2.00. The second-order valence-electron chi connectivity index (χ2n) is 5.91. The predicted molar refractivity (Wildman–Crippen MR) is 91.5 cm³/mol. The number of esters is 1. The smallest absolute Gasteiger partial charge is 0.305 e. The minimum Gasteiger partial charge on any atom is -0.469 e. The first-order valence-corrected chi connectivity index (χ1v) is 9.03. The molecule has 0 aliphatic carbocycles. The minimum atomic E-state index is -0.0831. The second-order valence-corrected chi connectivity index (χ2v) is 5.91. The zero-order valence-corrected chi connectivity index (χ0v) is 14.4. The number of hydrogen-bond acceptors (Lipinski definition) is 2.